The molecular formula is C24H28ClNO5S. The highest BCUT2D eigenvalue weighted by Gasteiger charge is 2.53. The molecule has 1 amide bonds. The van der Waals surface area contributed by atoms with E-state index in [4.69, 9.17) is 16.3 Å². The van der Waals surface area contributed by atoms with Gasteiger partial charge in [-0.3, -0.25) is 9.59 Å². The monoisotopic (exact) mass is 477 g/mol. The molecule has 1 atom stereocenters. The lowest BCUT2D eigenvalue weighted by atomic mass is 9.98. The molecule has 3 rings (SSSR count). The first-order valence-corrected chi connectivity index (χ1v) is 12.7. The van der Waals surface area contributed by atoms with Crippen molar-refractivity contribution in [2.45, 2.75) is 48.7 Å². The van der Waals surface area contributed by atoms with Crippen LogP contribution in [0.5, 0.6) is 0 Å². The zero-order valence-electron chi connectivity index (χ0n) is 18.1. The Labute approximate surface area is 194 Å². The fourth-order valence-corrected chi connectivity index (χ4v) is 6.39. The lowest BCUT2D eigenvalue weighted by Crippen LogP contribution is -2.52. The molecule has 1 saturated carbocycles. The van der Waals surface area contributed by atoms with Gasteiger partial charge in [-0.25, -0.2) is 8.42 Å². The highest BCUT2D eigenvalue weighted by Crippen LogP contribution is 2.41. The number of carbonyl (C=O) groups excluding carboxylic acids is 2. The highest BCUT2D eigenvalue weighted by atomic mass is 35.5. The van der Waals surface area contributed by atoms with Crippen molar-refractivity contribution in [2.75, 3.05) is 13.2 Å². The van der Waals surface area contributed by atoms with Gasteiger partial charge < -0.3 is 10.1 Å². The molecule has 1 aliphatic carbocycles. The number of carbonyl (C=O) groups is 2. The van der Waals surface area contributed by atoms with Gasteiger partial charge in [0.15, 0.2) is 14.6 Å². The van der Waals surface area contributed by atoms with Crippen LogP contribution >= 0.6 is 11.6 Å². The minimum Gasteiger partial charge on any atom is -0.466 e. The Hall–Kier alpha value is -2.38. The summed E-state index contributed by atoms with van der Waals surface area (Å²) in [6, 6.07) is 15.3. The summed E-state index contributed by atoms with van der Waals surface area (Å²) < 4.78 is 30.6. The van der Waals surface area contributed by atoms with Crippen LogP contribution < -0.4 is 5.32 Å². The SMILES string of the molecule is CCOC(=O)C(CNC(=O)C1(S(=O)(=O)c2ccc(Cl)cc2)CCCC1)Cc1ccccc1. The third-order valence-corrected chi connectivity index (χ3v) is 8.68. The van der Waals surface area contributed by atoms with E-state index in [1.807, 2.05) is 30.3 Å². The van der Waals surface area contributed by atoms with Crippen LogP contribution in [0.1, 0.15) is 38.2 Å². The summed E-state index contributed by atoms with van der Waals surface area (Å²) in [4.78, 5) is 25.9. The maximum atomic E-state index is 13.5. The lowest BCUT2D eigenvalue weighted by Gasteiger charge is -2.28. The molecule has 0 aliphatic heterocycles. The fraction of sp³-hybridized carbons (Fsp3) is 0.417. The zero-order valence-corrected chi connectivity index (χ0v) is 19.6. The zero-order chi connectivity index (χ0) is 23.2. The minimum absolute atomic E-state index is 0.00441. The Morgan fingerprint density at radius 1 is 1.06 bits per heavy atom. The first kappa shape index (κ1) is 24.3. The quantitative estimate of drug-likeness (QED) is 0.552. The molecule has 0 heterocycles. The summed E-state index contributed by atoms with van der Waals surface area (Å²) in [6.07, 6.45) is 2.16. The molecule has 1 aliphatic rings. The lowest BCUT2D eigenvalue weighted by molar-refractivity contribution is -0.147. The molecule has 1 N–H and O–H groups in total. The number of amides is 1. The molecule has 172 valence electrons. The van der Waals surface area contributed by atoms with E-state index in [1.54, 1.807) is 6.92 Å². The third kappa shape index (κ3) is 5.15. The van der Waals surface area contributed by atoms with Gasteiger partial charge >= 0.3 is 5.97 Å². The largest absolute Gasteiger partial charge is 0.466 e. The van der Waals surface area contributed by atoms with Gasteiger partial charge in [-0.2, -0.15) is 0 Å². The van der Waals surface area contributed by atoms with Gasteiger partial charge in [0, 0.05) is 11.6 Å². The van der Waals surface area contributed by atoms with Gasteiger partial charge in [-0.05, 0) is 56.0 Å². The van der Waals surface area contributed by atoms with E-state index in [0.29, 0.717) is 24.3 Å². The molecule has 32 heavy (non-hydrogen) atoms. The molecule has 1 unspecified atom stereocenters. The van der Waals surface area contributed by atoms with Crippen LogP contribution in [0.3, 0.4) is 0 Å². The number of esters is 1. The van der Waals surface area contributed by atoms with Crippen molar-refractivity contribution in [3.8, 4) is 0 Å². The van der Waals surface area contributed by atoms with Crippen molar-refractivity contribution in [1.82, 2.24) is 5.32 Å². The smallest absolute Gasteiger partial charge is 0.311 e. The van der Waals surface area contributed by atoms with Gasteiger partial charge in [0.1, 0.15) is 0 Å². The van der Waals surface area contributed by atoms with Gasteiger partial charge in [-0.15, -0.1) is 0 Å². The van der Waals surface area contributed by atoms with E-state index in [2.05, 4.69) is 5.32 Å². The summed E-state index contributed by atoms with van der Waals surface area (Å²) in [6.45, 7) is 1.96. The Kier molecular flexibility index (Phi) is 7.96. The highest BCUT2D eigenvalue weighted by molar-refractivity contribution is 7.93. The molecular weight excluding hydrogens is 450 g/mol. The molecule has 2 aromatic rings. The van der Waals surface area contributed by atoms with Crippen molar-refractivity contribution in [2.24, 2.45) is 5.92 Å². The molecule has 2 aromatic carbocycles. The van der Waals surface area contributed by atoms with Crippen molar-refractivity contribution >= 4 is 33.3 Å². The van der Waals surface area contributed by atoms with Crippen LogP contribution in [-0.2, 0) is 30.6 Å². The maximum absolute atomic E-state index is 13.5. The second kappa shape index (κ2) is 10.5. The third-order valence-electron chi connectivity index (χ3n) is 5.92. The number of halogens is 1. The van der Waals surface area contributed by atoms with Crippen LogP contribution in [0.15, 0.2) is 59.5 Å². The summed E-state index contributed by atoms with van der Waals surface area (Å²) >= 11 is 5.91. The van der Waals surface area contributed by atoms with Gasteiger partial charge in [-0.1, -0.05) is 54.8 Å². The Morgan fingerprint density at radius 3 is 2.28 bits per heavy atom. The molecule has 6 nitrogen and oxygen atoms in total. The van der Waals surface area contributed by atoms with Gasteiger partial charge in [0.2, 0.25) is 5.91 Å². The van der Waals surface area contributed by atoms with Crippen LogP contribution in [0.4, 0.5) is 0 Å². The average Bonchev–Trinajstić information content (AvgIpc) is 3.29. The van der Waals surface area contributed by atoms with E-state index in [1.165, 1.54) is 24.3 Å². The summed E-state index contributed by atoms with van der Waals surface area (Å²) in [5.74, 6) is -1.59. The number of nitrogens with one attached hydrogen (secondary N) is 1. The van der Waals surface area contributed by atoms with E-state index >= 15 is 0 Å². The average molecular weight is 478 g/mol. The summed E-state index contributed by atoms with van der Waals surface area (Å²) in [7, 11) is -3.94. The number of benzene rings is 2. The molecule has 0 bridgehead atoms. The van der Waals surface area contributed by atoms with Crippen molar-refractivity contribution in [3.63, 3.8) is 0 Å². The summed E-state index contributed by atoms with van der Waals surface area (Å²) in [5.41, 5.74) is 0.934. The van der Waals surface area contributed by atoms with Crippen molar-refractivity contribution in [1.29, 1.82) is 0 Å². The van der Waals surface area contributed by atoms with Crippen molar-refractivity contribution in [3.05, 3.63) is 65.2 Å². The Morgan fingerprint density at radius 2 is 1.69 bits per heavy atom. The van der Waals surface area contributed by atoms with Gasteiger partial charge in [0.25, 0.3) is 0 Å². The second-order valence-electron chi connectivity index (χ2n) is 8.01. The molecule has 0 aromatic heterocycles. The van der Waals surface area contributed by atoms with Gasteiger partial charge in [0.05, 0.1) is 17.4 Å². The van der Waals surface area contributed by atoms with Crippen LogP contribution in [-0.4, -0.2) is 38.2 Å². The number of rotatable bonds is 9. The minimum atomic E-state index is -3.94. The standard InChI is InChI=1S/C24H28ClNO5S/c1-2-31-22(27)19(16-18-8-4-3-5-9-18)17-26-23(28)24(14-6-7-15-24)32(29,30)21-12-10-20(25)11-13-21/h3-5,8-13,19H,2,6-7,14-17H2,1H3,(H,26,28). The number of hydrogen-bond donors (Lipinski definition) is 1. The normalized spacial score (nSPS) is 16.3. The molecule has 8 heteroatoms. The van der Waals surface area contributed by atoms with Crippen LogP contribution in [0.2, 0.25) is 5.02 Å². The Bertz CT molecular complexity index is 1030. The van der Waals surface area contributed by atoms with Crippen LogP contribution in [0, 0.1) is 5.92 Å². The van der Waals surface area contributed by atoms with Crippen molar-refractivity contribution < 1.29 is 22.7 Å². The van der Waals surface area contributed by atoms with E-state index < -0.39 is 32.4 Å². The first-order chi connectivity index (χ1) is 15.3. The second-order valence-corrected chi connectivity index (χ2v) is 10.7. The predicted molar refractivity (Wildman–Crippen MR) is 123 cm³/mol. The first-order valence-electron chi connectivity index (χ1n) is 10.8. The van der Waals surface area contributed by atoms with E-state index in [0.717, 1.165) is 5.56 Å². The maximum Gasteiger partial charge on any atom is 0.311 e. The molecule has 0 radical (unpaired) electrons. The number of hydrogen-bond acceptors (Lipinski definition) is 5. The van der Waals surface area contributed by atoms with Crippen LogP contribution in [0.25, 0.3) is 0 Å². The predicted octanol–water partition coefficient (Wildman–Crippen LogP) is 3.96. The summed E-state index contributed by atoms with van der Waals surface area (Å²) in [5, 5.41) is 3.19. The fourth-order valence-electron chi connectivity index (χ4n) is 4.18. The Balaban J connectivity index is 1.81. The van der Waals surface area contributed by atoms with E-state index in [9.17, 15) is 18.0 Å². The molecule has 0 spiro atoms. The van der Waals surface area contributed by atoms with E-state index in [-0.39, 0.29) is 30.9 Å². The molecule has 1 fully saturated rings. The topological polar surface area (TPSA) is 89.5 Å². The molecule has 0 saturated heterocycles. The number of sulfone groups is 1. The number of ether oxygens (including phenoxy) is 1.